The van der Waals surface area contributed by atoms with Gasteiger partial charge in [0.05, 0.1) is 10.9 Å². The van der Waals surface area contributed by atoms with Gasteiger partial charge in [0.25, 0.3) is 0 Å². The molecule has 0 atom stereocenters. The quantitative estimate of drug-likeness (QED) is 0.315. The van der Waals surface area contributed by atoms with Crippen molar-refractivity contribution in [3.63, 3.8) is 0 Å². The Morgan fingerprint density at radius 1 is 0.464 bits per heavy atom. The summed E-state index contributed by atoms with van der Waals surface area (Å²) in [7, 11) is -0.429. The second-order valence-electron chi connectivity index (χ2n) is 6.10. The summed E-state index contributed by atoms with van der Waals surface area (Å²) in [6, 6.07) is 31.7. The standard InChI is InChI=1S/C24H17F2S2/c25-18-6-12-22(13-7-18)28(23-14-8-19(26)9-15-23)24-16-10-21(11-17-24)27-20-4-2-1-3-5-20/h1-17H/q+1. The average molecular weight is 408 g/mol. The van der Waals surface area contributed by atoms with E-state index in [4.69, 9.17) is 0 Å². The Labute approximate surface area is 170 Å². The molecule has 4 rings (SSSR count). The van der Waals surface area contributed by atoms with Gasteiger partial charge < -0.3 is 0 Å². The van der Waals surface area contributed by atoms with Crippen LogP contribution in [0.5, 0.6) is 0 Å². The van der Waals surface area contributed by atoms with Gasteiger partial charge in [0.1, 0.15) is 11.6 Å². The average Bonchev–Trinajstić information content (AvgIpc) is 2.73. The van der Waals surface area contributed by atoms with Crippen LogP contribution in [-0.2, 0) is 10.9 Å². The van der Waals surface area contributed by atoms with Crippen molar-refractivity contribution < 1.29 is 8.78 Å². The van der Waals surface area contributed by atoms with E-state index in [1.54, 1.807) is 36.0 Å². The van der Waals surface area contributed by atoms with Crippen molar-refractivity contribution in [3.8, 4) is 0 Å². The first-order chi connectivity index (χ1) is 13.7. The molecular formula is C24H17F2S2+. The highest BCUT2D eigenvalue weighted by Crippen LogP contribution is 2.34. The van der Waals surface area contributed by atoms with Crippen molar-refractivity contribution in [1.82, 2.24) is 0 Å². The summed E-state index contributed by atoms with van der Waals surface area (Å²) >= 11 is 1.71. The second-order valence-corrected chi connectivity index (χ2v) is 9.27. The predicted molar refractivity (Wildman–Crippen MR) is 112 cm³/mol. The van der Waals surface area contributed by atoms with Crippen LogP contribution in [0.1, 0.15) is 0 Å². The van der Waals surface area contributed by atoms with E-state index in [1.807, 2.05) is 18.2 Å². The molecule has 0 N–H and O–H groups in total. The van der Waals surface area contributed by atoms with Gasteiger partial charge in [0.2, 0.25) is 0 Å². The minimum atomic E-state index is -0.429. The first-order valence-corrected chi connectivity index (χ1v) is 10.8. The number of hydrogen-bond donors (Lipinski definition) is 0. The molecule has 28 heavy (non-hydrogen) atoms. The van der Waals surface area contributed by atoms with Gasteiger partial charge in [0.15, 0.2) is 14.7 Å². The highest BCUT2D eigenvalue weighted by molar-refractivity contribution is 7.99. The van der Waals surface area contributed by atoms with E-state index in [9.17, 15) is 8.78 Å². The smallest absolute Gasteiger partial charge is 0.166 e. The lowest BCUT2D eigenvalue weighted by molar-refractivity contribution is 0.626. The van der Waals surface area contributed by atoms with Crippen LogP contribution < -0.4 is 0 Å². The minimum Gasteiger partial charge on any atom is -0.207 e. The van der Waals surface area contributed by atoms with E-state index in [2.05, 4.69) is 36.4 Å². The molecule has 0 heterocycles. The maximum atomic E-state index is 13.4. The van der Waals surface area contributed by atoms with Crippen LogP contribution in [0.15, 0.2) is 128 Å². The first-order valence-electron chi connectivity index (χ1n) is 8.77. The van der Waals surface area contributed by atoms with E-state index < -0.39 is 10.9 Å². The second kappa shape index (κ2) is 8.63. The van der Waals surface area contributed by atoms with Crippen molar-refractivity contribution in [2.24, 2.45) is 0 Å². The lowest BCUT2D eigenvalue weighted by atomic mass is 10.3. The zero-order valence-corrected chi connectivity index (χ0v) is 16.5. The van der Waals surface area contributed by atoms with Crippen molar-refractivity contribution in [3.05, 3.63) is 115 Å². The number of hydrogen-bond acceptors (Lipinski definition) is 1. The molecular weight excluding hydrogens is 390 g/mol. The molecule has 0 unspecified atom stereocenters. The number of benzene rings is 4. The summed E-state index contributed by atoms with van der Waals surface area (Å²) in [5.74, 6) is -0.526. The van der Waals surface area contributed by atoms with Crippen LogP contribution in [0, 0.1) is 11.6 Å². The third-order valence-corrected chi connectivity index (χ3v) is 7.38. The van der Waals surface area contributed by atoms with Gasteiger partial charge in [-0.3, -0.25) is 0 Å². The van der Waals surface area contributed by atoms with Crippen LogP contribution in [-0.4, -0.2) is 0 Å². The molecule has 0 saturated carbocycles. The Balaban J connectivity index is 1.68. The molecule has 4 aromatic carbocycles. The predicted octanol–water partition coefficient (Wildman–Crippen LogP) is 7.21. The topological polar surface area (TPSA) is 0 Å². The van der Waals surface area contributed by atoms with Gasteiger partial charge in [-0.05, 0) is 84.9 Å². The molecule has 138 valence electrons. The lowest BCUT2D eigenvalue weighted by Gasteiger charge is -2.09. The van der Waals surface area contributed by atoms with Crippen LogP contribution in [0.2, 0.25) is 0 Å². The molecule has 0 saturated heterocycles. The van der Waals surface area contributed by atoms with Gasteiger partial charge in [0, 0.05) is 9.79 Å². The number of halogens is 2. The fraction of sp³-hybridized carbons (Fsp3) is 0. The summed E-state index contributed by atoms with van der Waals surface area (Å²) in [5, 5.41) is 0. The normalized spacial score (nSPS) is 11.0. The van der Waals surface area contributed by atoms with Gasteiger partial charge in [-0.2, -0.15) is 0 Å². The summed E-state index contributed by atoms with van der Waals surface area (Å²) < 4.78 is 26.8. The first kappa shape index (κ1) is 18.8. The van der Waals surface area contributed by atoms with Crippen LogP contribution in [0.3, 0.4) is 0 Å². The van der Waals surface area contributed by atoms with E-state index in [0.29, 0.717) is 0 Å². The largest absolute Gasteiger partial charge is 0.207 e. The fourth-order valence-corrected chi connectivity index (χ4v) is 5.70. The molecule has 0 aromatic heterocycles. The van der Waals surface area contributed by atoms with Crippen molar-refractivity contribution in [1.29, 1.82) is 0 Å². The van der Waals surface area contributed by atoms with Crippen LogP contribution >= 0.6 is 11.8 Å². The lowest BCUT2D eigenvalue weighted by Crippen LogP contribution is -2.05. The Morgan fingerprint density at radius 3 is 1.32 bits per heavy atom. The van der Waals surface area contributed by atoms with E-state index in [1.165, 1.54) is 29.2 Å². The molecule has 0 radical (unpaired) electrons. The minimum absolute atomic E-state index is 0.263. The zero-order valence-electron chi connectivity index (χ0n) is 14.9. The van der Waals surface area contributed by atoms with E-state index in [0.717, 1.165) is 19.6 Å². The molecule has 0 aliphatic heterocycles. The van der Waals surface area contributed by atoms with E-state index in [-0.39, 0.29) is 11.6 Å². The van der Waals surface area contributed by atoms with Gasteiger partial charge in [-0.1, -0.05) is 30.0 Å². The summed E-state index contributed by atoms with van der Waals surface area (Å²) in [4.78, 5) is 5.44. The van der Waals surface area contributed by atoms with Gasteiger partial charge in [-0.15, -0.1) is 0 Å². The Kier molecular flexibility index (Phi) is 5.79. The molecule has 0 aliphatic carbocycles. The molecule has 0 bridgehead atoms. The third kappa shape index (κ3) is 4.46. The zero-order chi connectivity index (χ0) is 19.3. The Bertz CT molecular complexity index is 983. The summed E-state index contributed by atoms with van der Waals surface area (Å²) in [6.07, 6.45) is 0. The highest BCUT2D eigenvalue weighted by atomic mass is 32.2. The highest BCUT2D eigenvalue weighted by Gasteiger charge is 2.28. The maximum Gasteiger partial charge on any atom is 0.166 e. The van der Waals surface area contributed by atoms with Crippen molar-refractivity contribution >= 4 is 22.7 Å². The molecule has 4 heteroatoms. The Hall–Kier alpha value is -2.56. The maximum absolute atomic E-state index is 13.4. The Morgan fingerprint density at radius 2 is 0.857 bits per heavy atom. The molecule has 0 fully saturated rings. The SMILES string of the molecule is Fc1ccc([S+](c2ccc(F)cc2)c2ccc(Sc3ccccc3)cc2)cc1. The monoisotopic (exact) mass is 407 g/mol. The van der Waals surface area contributed by atoms with E-state index >= 15 is 0 Å². The van der Waals surface area contributed by atoms with Gasteiger partial charge >= 0.3 is 0 Å². The van der Waals surface area contributed by atoms with Crippen LogP contribution in [0.25, 0.3) is 0 Å². The molecule has 4 aromatic rings. The third-order valence-electron chi connectivity index (χ3n) is 4.14. The summed E-state index contributed by atoms with van der Waals surface area (Å²) in [5.41, 5.74) is 0. The fourth-order valence-electron chi connectivity index (χ4n) is 2.82. The van der Waals surface area contributed by atoms with Crippen molar-refractivity contribution in [2.75, 3.05) is 0 Å². The van der Waals surface area contributed by atoms with Crippen LogP contribution in [0.4, 0.5) is 8.78 Å². The molecule has 0 nitrogen and oxygen atoms in total. The van der Waals surface area contributed by atoms with Gasteiger partial charge in [-0.25, -0.2) is 8.78 Å². The number of rotatable bonds is 5. The van der Waals surface area contributed by atoms with Crippen molar-refractivity contribution in [2.45, 2.75) is 24.5 Å². The molecule has 0 aliphatic rings. The summed E-state index contributed by atoms with van der Waals surface area (Å²) in [6.45, 7) is 0. The molecule has 0 spiro atoms. The molecule has 0 amide bonds.